The molecule has 6 heteroatoms. The van der Waals surface area contributed by atoms with Gasteiger partial charge in [0, 0.05) is 6.20 Å². The predicted molar refractivity (Wildman–Crippen MR) is 67.0 cm³/mol. The number of carboxylic acids is 1. The van der Waals surface area contributed by atoms with Crippen molar-refractivity contribution >= 4 is 11.9 Å². The van der Waals surface area contributed by atoms with Gasteiger partial charge in [-0.15, -0.1) is 0 Å². The highest BCUT2D eigenvalue weighted by Crippen LogP contribution is 2.40. The maximum absolute atomic E-state index is 12.2. The topological polar surface area (TPSA) is 88.5 Å². The molecular formula is C13H16N2O4. The van der Waals surface area contributed by atoms with Crippen LogP contribution in [0.3, 0.4) is 0 Å². The third-order valence-corrected chi connectivity index (χ3v) is 3.42. The molecule has 0 radical (unpaired) electrons. The van der Waals surface area contributed by atoms with Gasteiger partial charge in [0.25, 0.3) is 5.91 Å². The summed E-state index contributed by atoms with van der Waals surface area (Å²) in [6, 6.07) is 3.16. The molecule has 1 fully saturated rings. The van der Waals surface area contributed by atoms with E-state index < -0.39 is 17.4 Å². The number of methoxy groups -OCH3 is 1. The molecule has 1 aliphatic carbocycles. The second-order valence-corrected chi connectivity index (χ2v) is 4.80. The maximum atomic E-state index is 12.2. The molecule has 2 rings (SSSR count). The molecule has 1 aromatic rings. The van der Waals surface area contributed by atoms with Crippen LogP contribution < -0.4 is 10.1 Å². The van der Waals surface area contributed by atoms with Gasteiger partial charge >= 0.3 is 5.97 Å². The highest BCUT2D eigenvalue weighted by Gasteiger charge is 2.48. The summed E-state index contributed by atoms with van der Waals surface area (Å²) in [4.78, 5) is 27.5. The summed E-state index contributed by atoms with van der Waals surface area (Å²) in [5.41, 5.74) is -1.00. The van der Waals surface area contributed by atoms with Crippen LogP contribution in [0.25, 0.3) is 0 Å². The van der Waals surface area contributed by atoms with Crippen molar-refractivity contribution in [3.8, 4) is 5.88 Å². The zero-order valence-electron chi connectivity index (χ0n) is 10.8. The molecule has 19 heavy (non-hydrogen) atoms. The lowest BCUT2D eigenvalue weighted by Gasteiger charge is -2.26. The monoisotopic (exact) mass is 264 g/mol. The van der Waals surface area contributed by atoms with E-state index in [1.54, 1.807) is 12.1 Å². The molecule has 6 nitrogen and oxygen atoms in total. The number of rotatable bonds is 5. The minimum Gasteiger partial charge on any atom is -0.480 e. The van der Waals surface area contributed by atoms with Crippen LogP contribution in [0, 0.1) is 5.92 Å². The summed E-state index contributed by atoms with van der Waals surface area (Å²) in [6.45, 7) is 1.54. The molecule has 0 saturated heterocycles. The van der Waals surface area contributed by atoms with E-state index in [9.17, 15) is 14.7 Å². The number of nitrogens with one attached hydrogen (secondary N) is 1. The van der Waals surface area contributed by atoms with Crippen LogP contribution in [0.4, 0.5) is 0 Å². The Morgan fingerprint density at radius 3 is 2.74 bits per heavy atom. The van der Waals surface area contributed by atoms with Gasteiger partial charge in [0.1, 0.15) is 11.1 Å². The van der Waals surface area contributed by atoms with Crippen molar-refractivity contribution in [1.29, 1.82) is 0 Å². The SMILES string of the molecule is COc1ncccc1C(=O)N[C@](C)(C(=O)O)C1CC1. The number of aliphatic carboxylic acids is 1. The van der Waals surface area contributed by atoms with E-state index in [-0.39, 0.29) is 17.4 Å². The lowest BCUT2D eigenvalue weighted by molar-refractivity contribution is -0.144. The van der Waals surface area contributed by atoms with Crippen molar-refractivity contribution in [3.63, 3.8) is 0 Å². The maximum Gasteiger partial charge on any atom is 0.329 e. The van der Waals surface area contributed by atoms with Crippen LogP contribution in [-0.4, -0.2) is 34.6 Å². The van der Waals surface area contributed by atoms with Crippen LogP contribution in [0.1, 0.15) is 30.1 Å². The van der Waals surface area contributed by atoms with Gasteiger partial charge in [0.05, 0.1) is 7.11 Å². The summed E-state index contributed by atoms with van der Waals surface area (Å²) in [6.07, 6.45) is 3.13. The van der Waals surface area contributed by atoms with E-state index in [1.165, 1.54) is 20.2 Å². The van der Waals surface area contributed by atoms with Crippen LogP contribution in [0.15, 0.2) is 18.3 Å². The van der Waals surface area contributed by atoms with Crippen molar-refractivity contribution in [1.82, 2.24) is 10.3 Å². The Balaban J connectivity index is 2.22. The number of ether oxygens (including phenoxy) is 1. The number of pyridine rings is 1. The fourth-order valence-electron chi connectivity index (χ4n) is 2.02. The quantitative estimate of drug-likeness (QED) is 0.830. The van der Waals surface area contributed by atoms with E-state index in [2.05, 4.69) is 10.3 Å². The van der Waals surface area contributed by atoms with Crippen molar-refractivity contribution in [2.45, 2.75) is 25.3 Å². The Morgan fingerprint density at radius 2 is 2.21 bits per heavy atom. The Kier molecular flexibility index (Phi) is 3.42. The number of nitrogens with zero attached hydrogens (tertiary/aromatic N) is 1. The molecule has 1 atom stereocenters. The number of aromatic nitrogens is 1. The highest BCUT2D eigenvalue weighted by atomic mass is 16.5. The van der Waals surface area contributed by atoms with E-state index in [4.69, 9.17) is 4.74 Å². The molecule has 1 heterocycles. The van der Waals surface area contributed by atoms with E-state index in [1.807, 2.05) is 0 Å². The second kappa shape index (κ2) is 4.87. The first kappa shape index (κ1) is 13.3. The number of hydrogen-bond donors (Lipinski definition) is 2. The zero-order chi connectivity index (χ0) is 14.0. The molecule has 0 aromatic carbocycles. The Hall–Kier alpha value is -2.11. The normalized spacial score (nSPS) is 17.4. The van der Waals surface area contributed by atoms with Gasteiger partial charge in [-0.3, -0.25) is 4.79 Å². The number of amides is 1. The summed E-state index contributed by atoms with van der Waals surface area (Å²) >= 11 is 0. The van der Waals surface area contributed by atoms with Gasteiger partial charge in [0.15, 0.2) is 0 Å². The average Bonchev–Trinajstić information content (AvgIpc) is 3.22. The molecule has 0 spiro atoms. The van der Waals surface area contributed by atoms with E-state index in [0.29, 0.717) is 0 Å². The van der Waals surface area contributed by atoms with Crippen LogP contribution >= 0.6 is 0 Å². The molecule has 0 aliphatic heterocycles. The van der Waals surface area contributed by atoms with Crippen LogP contribution in [0.2, 0.25) is 0 Å². The van der Waals surface area contributed by atoms with Crippen molar-refractivity contribution < 1.29 is 19.4 Å². The molecule has 1 aromatic heterocycles. The molecule has 2 N–H and O–H groups in total. The zero-order valence-corrected chi connectivity index (χ0v) is 10.8. The summed E-state index contributed by atoms with van der Waals surface area (Å²) in [5.74, 6) is -1.34. The lowest BCUT2D eigenvalue weighted by atomic mass is 9.95. The number of carbonyl (C=O) groups excluding carboxylic acids is 1. The molecular weight excluding hydrogens is 248 g/mol. The molecule has 1 amide bonds. The predicted octanol–water partition coefficient (Wildman–Crippen LogP) is 1.07. The number of hydrogen-bond acceptors (Lipinski definition) is 4. The third-order valence-electron chi connectivity index (χ3n) is 3.42. The summed E-state index contributed by atoms with van der Waals surface area (Å²) in [7, 11) is 1.41. The summed E-state index contributed by atoms with van der Waals surface area (Å²) < 4.78 is 5.00. The van der Waals surface area contributed by atoms with Crippen molar-refractivity contribution in [3.05, 3.63) is 23.9 Å². The van der Waals surface area contributed by atoms with Gasteiger partial charge in [-0.1, -0.05) is 0 Å². The minimum absolute atomic E-state index is 0.0170. The van der Waals surface area contributed by atoms with Crippen LogP contribution in [-0.2, 0) is 4.79 Å². The first-order chi connectivity index (χ1) is 8.99. The molecule has 0 bridgehead atoms. The molecule has 1 aliphatic rings. The smallest absolute Gasteiger partial charge is 0.329 e. The Labute approximate surface area is 110 Å². The highest BCUT2D eigenvalue weighted by molar-refractivity contribution is 5.99. The third kappa shape index (κ3) is 2.52. The van der Waals surface area contributed by atoms with Gasteiger partial charge < -0.3 is 15.2 Å². The second-order valence-electron chi connectivity index (χ2n) is 4.80. The van der Waals surface area contributed by atoms with Crippen molar-refractivity contribution in [2.24, 2.45) is 5.92 Å². The number of carboxylic acid groups (broad SMARTS) is 1. The molecule has 0 unspecified atom stereocenters. The van der Waals surface area contributed by atoms with Gasteiger partial charge in [0.2, 0.25) is 5.88 Å². The van der Waals surface area contributed by atoms with Gasteiger partial charge in [-0.25, -0.2) is 9.78 Å². The summed E-state index contributed by atoms with van der Waals surface area (Å²) in [5, 5.41) is 11.9. The Morgan fingerprint density at radius 1 is 1.53 bits per heavy atom. The van der Waals surface area contributed by atoms with Crippen LogP contribution in [0.5, 0.6) is 5.88 Å². The Bertz CT molecular complexity index is 513. The largest absolute Gasteiger partial charge is 0.480 e. The first-order valence-corrected chi connectivity index (χ1v) is 6.04. The van der Waals surface area contributed by atoms with Gasteiger partial charge in [-0.05, 0) is 37.8 Å². The van der Waals surface area contributed by atoms with E-state index in [0.717, 1.165) is 12.8 Å². The first-order valence-electron chi connectivity index (χ1n) is 6.04. The van der Waals surface area contributed by atoms with Gasteiger partial charge in [-0.2, -0.15) is 0 Å². The average molecular weight is 264 g/mol. The minimum atomic E-state index is -1.24. The fraction of sp³-hybridized carbons (Fsp3) is 0.462. The molecule has 102 valence electrons. The van der Waals surface area contributed by atoms with E-state index >= 15 is 0 Å². The van der Waals surface area contributed by atoms with Crippen molar-refractivity contribution in [2.75, 3.05) is 7.11 Å². The lowest BCUT2D eigenvalue weighted by Crippen LogP contribution is -2.54. The number of carbonyl (C=O) groups is 2. The standard InChI is InChI=1S/C13H16N2O4/c1-13(12(17)18,8-5-6-8)15-10(16)9-4-3-7-14-11(9)19-2/h3-4,7-8H,5-6H2,1-2H3,(H,15,16)(H,17,18)/t13-/m0/s1. The fourth-order valence-corrected chi connectivity index (χ4v) is 2.02. The molecule has 1 saturated carbocycles.